The quantitative estimate of drug-likeness (QED) is 0.281. The minimum absolute atomic E-state index is 0.203. The van der Waals surface area contributed by atoms with E-state index in [1.54, 1.807) is 49.6 Å². The maximum absolute atomic E-state index is 13.4. The summed E-state index contributed by atoms with van der Waals surface area (Å²) >= 11 is 0. The van der Waals surface area contributed by atoms with Crippen LogP contribution in [0.4, 0.5) is 5.69 Å². The summed E-state index contributed by atoms with van der Waals surface area (Å²) < 4.78 is 11.1. The van der Waals surface area contributed by atoms with E-state index in [9.17, 15) is 9.59 Å². The Morgan fingerprint density at radius 3 is 2.39 bits per heavy atom. The minimum atomic E-state index is -0.273. The normalized spacial score (nSPS) is 11.1. The highest BCUT2D eigenvalue weighted by Gasteiger charge is 2.17. The molecule has 5 rings (SSSR count). The van der Waals surface area contributed by atoms with Gasteiger partial charge in [-0.2, -0.15) is 0 Å². The number of nitrogens with zero attached hydrogens (tertiary/aromatic N) is 2. The molecule has 8 nitrogen and oxygen atoms in total. The maximum atomic E-state index is 13.4. The summed E-state index contributed by atoms with van der Waals surface area (Å²) in [6, 6.07) is 16.1. The van der Waals surface area contributed by atoms with Crippen molar-refractivity contribution in [3.05, 3.63) is 100 Å². The molecule has 0 saturated carbocycles. The van der Waals surface area contributed by atoms with Crippen molar-refractivity contribution in [2.75, 3.05) is 11.9 Å². The number of aromatic nitrogens is 2. The molecule has 3 aromatic heterocycles. The van der Waals surface area contributed by atoms with E-state index in [1.165, 1.54) is 0 Å². The van der Waals surface area contributed by atoms with Crippen LogP contribution in [0.15, 0.2) is 69.7 Å². The first-order chi connectivity index (χ1) is 18.3. The minimum Gasteiger partial charge on any atom is -0.463 e. The van der Waals surface area contributed by atoms with E-state index in [0.717, 1.165) is 33.5 Å². The molecule has 8 heteroatoms. The molecule has 2 N–H and O–H groups in total. The van der Waals surface area contributed by atoms with Crippen molar-refractivity contribution in [3.8, 4) is 11.5 Å². The second-order valence-electron chi connectivity index (χ2n) is 9.29. The predicted octanol–water partition coefficient (Wildman–Crippen LogP) is 5.94. The summed E-state index contributed by atoms with van der Waals surface area (Å²) in [5, 5.41) is 6.61. The zero-order chi connectivity index (χ0) is 26.8. The Balaban J connectivity index is 1.32. The summed E-state index contributed by atoms with van der Waals surface area (Å²) in [6.45, 7) is 8.08. The van der Waals surface area contributed by atoms with Crippen LogP contribution < -0.4 is 10.6 Å². The number of carbonyl (C=O) groups is 2. The molecule has 3 heterocycles. The van der Waals surface area contributed by atoms with Crippen molar-refractivity contribution in [1.29, 1.82) is 0 Å². The van der Waals surface area contributed by atoms with Crippen molar-refractivity contribution in [3.63, 3.8) is 0 Å². The number of furan rings is 1. The van der Waals surface area contributed by atoms with E-state index < -0.39 is 0 Å². The zero-order valence-corrected chi connectivity index (χ0v) is 21.7. The van der Waals surface area contributed by atoms with Crippen molar-refractivity contribution in [2.45, 2.75) is 34.1 Å². The van der Waals surface area contributed by atoms with Crippen LogP contribution in [-0.2, 0) is 6.42 Å². The number of hydrogen-bond acceptors (Lipinski definition) is 6. The van der Waals surface area contributed by atoms with Gasteiger partial charge < -0.3 is 19.5 Å². The van der Waals surface area contributed by atoms with Crippen LogP contribution in [-0.4, -0.2) is 28.3 Å². The Kier molecular flexibility index (Phi) is 6.79. The lowest BCUT2D eigenvalue weighted by Crippen LogP contribution is -2.25. The standard InChI is InChI=1S/C30H28N4O4/c1-17-14-18(2)28-23(15-17)24(16-25(34-28)27-6-5-13-37-27)30(36)33-22-9-7-21(8-10-22)29(35)31-12-11-26-19(3)32-20(4)38-26/h5-10,13-16H,11-12H2,1-4H3,(H,31,35)(H,33,36). The molecule has 2 aromatic carbocycles. The summed E-state index contributed by atoms with van der Waals surface area (Å²) in [6.07, 6.45) is 2.14. The van der Waals surface area contributed by atoms with Crippen molar-refractivity contribution < 1.29 is 18.4 Å². The third kappa shape index (κ3) is 5.20. The molecule has 0 aliphatic heterocycles. The summed E-state index contributed by atoms with van der Waals surface area (Å²) in [7, 11) is 0. The van der Waals surface area contributed by atoms with Gasteiger partial charge in [0.1, 0.15) is 11.5 Å². The zero-order valence-electron chi connectivity index (χ0n) is 21.7. The molecular formula is C30H28N4O4. The first-order valence-corrected chi connectivity index (χ1v) is 12.4. The van der Waals surface area contributed by atoms with Gasteiger partial charge in [0.25, 0.3) is 11.8 Å². The number of fused-ring (bicyclic) bond motifs is 1. The van der Waals surface area contributed by atoms with E-state index >= 15 is 0 Å². The van der Waals surface area contributed by atoms with E-state index in [2.05, 4.69) is 15.6 Å². The molecule has 5 aromatic rings. The van der Waals surface area contributed by atoms with Gasteiger partial charge in [-0.05, 0) is 74.9 Å². The Bertz CT molecular complexity index is 1630. The van der Waals surface area contributed by atoms with E-state index in [1.807, 2.05) is 39.0 Å². The lowest BCUT2D eigenvalue weighted by molar-refractivity contribution is 0.0953. The monoisotopic (exact) mass is 508 g/mol. The lowest BCUT2D eigenvalue weighted by Gasteiger charge is -2.12. The van der Waals surface area contributed by atoms with Crippen LogP contribution in [0.2, 0.25) is 0 Å². The van der Waals surface area contributed by atoms with Gasteiger partial charge in [0.15, 0.2) is 11.7 Å². The fraction of sp³-hybridized carbons (Fsp3) is 0.200. The highest BCUT2D eigenvalue weighted by molar-refractivity contribution is 6.13. The molecule has 0 aliphatic rings. The van der Waals surface area contributed by atoms with Crippen LogP contribution in [0.25, 0.3) is 22.4 Å². The number of pyridine rings is 1. The molecule has 38 heavy (non-hydrogen) atoms. The fourth-order valence-corrected chi connectivity index (χ4v) is 4.52. The van der Waals surface area contributed by atoms with Gasteiger partial charge in [-0.3, -0.25) is 9.59 Å². The summed E-state index contributed by atoms with van der Waals surface area (Å²) in [5.74, 6) is 1.50. The molecule has 0 saturated heterocycles. The molecule has 0 unspecified atom stereocenters. The van der Waals surface area contributed by atoms with E-state index in [4.69, 9.17) is 13.8 Å². The molecule has 0 bridgehead atoms. The van der Waals surface area contributed by atoms with Gasteiger partial charge in [-0.25, -0.2) is 9.97 Å². The number of amides is 2. The lowest BCUT2D eigenvalue weighted by atomic mass is 10.0. The average molecular weight is 509 g/mol. The molecule has 0 radical (unpaired) electrons. The van der Waals surface area contributed by atoms with E-state index in [-0.39, 0.29) is 11.8 Å². The molecule has 0 aliphatic carbocycles. The topological polar surface area (TPSA) is 110 Å². The summed E-state index contributed by atoms with van der Waals surface area (Å²) in [4.78, 5) is 35.0. The second kappa shape index (κ2) is 10.3. The maximum Gasteiger partial charge on any atom is 0.256 e. The van der Waals surface area contributed by atoms with Crippen molar-refractivity contribution >= 4 is 28.4 Å². The number of anilines is 1. The van der Waals surface area contributed by atoms with Crippen LogP contribution in [0.1, 0.15) is 49.2 Å². The van der Waals surface area contributed by atoms with Crippen LogP contribution in [0, 0.1) is 27.7 Å². The number of aryl methyl sites for hydroxylation is 4. The Morgan fingerprint density at radius 1 is 0.921 bits per heavy atom. The molecule has 0 atom stereocenters. The van der Waals surface area contributed by atoms with Crippen LogP contribution in [0.3, 0.4) is 0 Å². The van der Waals surface area contributed by atoms with Crippen molar-refractivity contribution in [2.24, 2.45) is 0 Å². The number of hydrogen-bond donors (Lipinski definition) is 2. The first-order valence-electron chi connectivity index (χ1n) is 12.4. The Labute approximate surface area is 220 Å². The second-order valence-corrected chi connectivity index (χ2v) is 9.29. The SMILES string of the molecule is Cc1cc(C)c2nc(-c3ccco3)cc(C(=O)Nc3ccc(C(=O)NCCc4oc(C)nc4C)cc3)c2c1. The highest BCUT2D eigenvalue weighted by Crippen LogP contribution is 2.29. The van der Waals surface area contributed by atoms with E-state index in [0.29, 0.717) is 47.1 Å². The Hall–Kier alpha value is -4.72. The molecule has 192 valence electrons. The molecule has 0 fully saturated rings. The largest absolute Gasteiger partial charge is 0.463 e. The number of nitrogens with one attached hydrogen (secondary N) is 2. The molecule has 2 amide bonds. The summed E-state index contributed by atoms with van der Waals surface area (Å²) in [5.41, 5.74) is 5.75. The van der Waals surface area contributed by atoms with Gasteiger partial charge in [0, 0.05) is 36.5 Å². The van der Waals surface area contributed by atoms with Crippen molar-refractivity contribution in [1.82, 2.24) is 15.3 Å². The Morgan fingerprint density at radius 2 is 1.71 bits per heavy atom. The number of benzene rings is 2. The number of carbonyl (C=O) groups excluding carboxylic acids is 2. The van der Waals surface area contributed by atoms with Gasteiger partial charge in [-0.1, -0.05) is 11.6 Å². The van der Waals surface area contributed by atoms with Gasteiger partial charge >= 0.3 is 0 Å². The van der Waals surface area contributed by atoms with Gasteiger partial charge in [-0.15, -0.1) is 0 Å². The number of oxazole rings is 1. The highest BCUT2D eigenvalue weighted by atomic mass is 16.4. The van der Waals surface area contributed by atoms with Crippen LogP contribution in [0.5, 0.6) is 0 Å². The van der Waals surface area contributed by atoms with Gasteiger partial charge in [0.05, 0.1) is 23.0 Å². The average Bonchev–Trinajstić information content (AvgIpc) is 3.53. The third-order valence-electron chi connectivity index (χ3n) is 6.31. The van der Waals surface area contributed by atoms with Crippen LogP contribution >= 0.6 is 0 Å². The number of rotatable bonds is 7. The fourth-order valence-electron chi connectivity index (χ4n) is 4.52. The first kappa shape index (κ1) is 25.0. The van der Waals surface area contributed by atoms with Gasteiger partial charge in [0.2, 0.25) is 0 Å². The third-order valence-corrected chi connectivity index (χ3v) is 6.31. The predicted molar refractivity (Wildman–Crippen MR) is 145 cm³/mol. The molecular weight excluding hydrogens is 480 g/mol. The smallest absolute Gasteiger partial charge is 0.256 e. The molecule has 0 spiro atoms.